The van der Waals surface area contributed by atoms with Gasteiger partial charge in [0.1, 0.15) is 12.4 Å². The van der Waals surface area contributed by atoms with E-state index in [9.17, 15) is 4.79 Å². The van der Waals surface area contributed by atoms with E-state index >= 15 is 0 Å². The quantitative estimate of drug-likeness (QED) is 0.733. The van der Waals surface area contributed by atoms with Gasteiger partial charge < -0.3 is 15.4 Å². The summed E-state index contributed by atoms with van der Waals surface area (Å²) in [6, 6.07) is 15.7. The van der Waals surface area contributed by atoms with Crippen LogP contribution in [0.5, 0.6) is 5.75 Å². The molecular formula is C19H24N2O2. The summed E-state index contributed by atoms with van der Waals surface area (Å²) in [7, 11) is 0. The van der Waals surface area contributed by atoms with Crippen LogP contribution in [0.3, 0.4) is 0 Å². The van der Waals surface area contributed by atoms with Gasteiger partial charge in [0.2, 0.25) is 5.91 Å². The van der Waals surface area contributed by atoms with E-state index in [2.05, 4.69) is 17.6 Å². The molecule has 0 fully saturated rings. The minimum Gasteiger partial charge on any atom is -0.489 e. The molecule has 2 aromatic rings. The third-order valence-corrected chi connectivity index (χ3v) is 3.43. The van der Waals surface area contributed by atoms with E-state index in [-0.39, 0.29) is 5.91 Å². The van der Waals surface area contributed by atoms with E-state index in [1.54, 1.807) is 0 Å². The number of hydrogen-bond acceptors (Lipinski definition) is 3. The van der Waals surface area contributed by atoms with Gasteiger partial charge in [0.25, 0.3) is 0 Å². The first kappa shape index (κ1) is 17.0. The maximum absolute atomic E-state index is 11.8. The number of para-hydroxylation sites is 1. The van der Waals surface area contributed by atoms with Crippen LogP contribution in [-0.2, 0) is 11.4 Å². The van der Waals surface area contributed by atoms with Gasteiger partial charge in [-0.15, -0.1) is 0 Å². The first-order valence-corrected chi connectivity index (χ1v) is 7.97. The molecule has 0 aliphatic rings. The lowest BCUT2D eigenvalue weighted by Crippen LogP contribution is -2.28. The van der Waals surface area contributed by atoms with E-state index in [1.165, 1.54) is 0 Å². The van der Waals surface area contributed by atoms with Crippen molar-refractivity contribution in [3.63, 3.8) is 0 Å². The van der Waals surface area contributed by atoms with Crippen LogP contribution in [-0.4, -0.2) is 19.0 Å². The summed E-state index contributed by atoms with van der Waals surface area (Å²) in [5.41, 5.74) is 2.95. The highest BCUT2D eigenvalue weighted by Gasteiger charge is 2.05. The molecule has 23 heavy (non-hydrogen) atoms. The first-order valence-electron chi connectivity index (χ1n) is 7.97. The van der Waals surface area contributed by atoms with Crippen molar-refractivity contribution in [1.29, 1.82) is 0 Å². The van der Waals surface area contributed by atoms with Crippen molar-refractivity contribution >= 4 is 11.6 Å². The molecule has 2 aromatic carbocycles. The van der Waals surface area contributed by atoms with Crippen molar-refractivity contribution in [1.82, 2.24) is 5.32 Å². The molecule has 0 aromatic heterocycles. The van der Waals surface area contributed by atoms with Gasteiger partial charge in [-0.3, -0.25) is 4.79 Å². The average Bonchev–Trinajstić information content (AvgIpc) is 2.56. The molecule has 0 aliphatic heterocycles. The molecule has 0 atom stereocenters. The Balaban J connectivity index is 1.88. The van der Waals surface area contributed by atoms with Crippen molar-refractivity contribution < 1.29 is 9.53 Å². The second-order valence-corrected chi connectivity index (χ2v) is 5.48. The van der Waals surface area contributed by atoms with Crippen LogP contribution in [0, 0.1) is 6.92 Å². The molecule has 0 aliphatic carbocycles. The molecule has 2 N–H and O–H groups in total. The van der Waals surface area contributed by atoms with Crippen LogP contribution in [0.2, 0.25) is 0 Å². The number of hydrogen-bond donors (Lipinski definition) is 2. The van der Waals surface area contributed by atoms with Gasteiger partial charge in [-0.1, -0.05) is 37.3 Å². The zero-order valence-corrected chi connectivity index (χ0v) is 13.8. The van der Waals surface area contributed by atoms with Crippen molar-refractivity contribution in [2.24, 2.45) is 0 Å². The van der Waals surface area contributed by atoms with E-state index in [1.807, 2.05) is 55.5 Å². The smallest absolute Gasteiger partial charge is 0.238 e. The van der Waals surface area contributed by atoms with E-state index in [0.29, 0.717) is 13.2 Å². The Bertz CT molecular complexity index is 627. The van der Waals surface area contributed by atoms with Crippen molar-refractivity contribution in [3.05, 3.63) is 59.7 Å². The minimum absolute atomic E-state index is 0.0187. The minimum atomic E-state index is -0.0187. The van der Waals surface area contributed by atoms with Gasteiger partial charge in [-0.2, -0.15) is 0 Å². The number of carbonyl (C=O) groups is 1. The van der Waals surface area contributed by atoms with Gasteiger partial charge in [0.05, 0.1) is 6.54 Å². The number of rotatable bonds is 8. The molecule has 122 valence electrons. The van der Waals surface area contributed by atoms with Gasteiger partial charge in [0, 0.05) is 5.69 Å². The highest BCUT2D eigenvalue weighted by atomic mass is 16.5. The summed E-state index contributed by atoms with van der Waals surface area (Å²) >= 11 is 0. The van der Waals surface area contributed by atoms with Crippen LogP contribution in [0.25, 0.3) is 0 Å². The molecule has 0 saturated heterocycles. The van der Waals surface area contributed by atoms with Gasteiger partial charge in [0.15, 0.2) is 0 Å². The fourth-order valence-corrected chi connectivity index (χ4v) is 2.21. The number of nitrogens with one attached hydrogen (secondary N) is 2. The lowest BCUT2D eigenvalue weighted by molar-refractivity contribution is -0.115. The molecule has 1 amide bonds. The van der Waals surface area contributed by atoms with Crippen LogP contribution in [0.1, 0.15) is 24.5 Å². The topological polar surface area (TPSA) is 50.4 Å². The molecule has 4 heteroatoms. The van der Waals surface area contributed by atoms with Crippen molar-refractivity contribution in [3.8, 4) is 5.75 Å². The fraction of sp³-hybridized carbons (Fsp3) is 0.316. The van der Waals surface area contributed by atoms with Gasteiger partial charge in [-0.05, 0) is 49.2 Å². The Kier molecular flexibility index (Phi) is 6.63. The second-order valence-electron chi connectivity index (χ2n) is 5.48. The Morgan fingerprint density at radius 3 is 2.61 bits per heavy atom. The number of benzene rings is 2. The Morgan fingerprint density at radius 2 is 1.91 bits per heavy atom. The summed E-state index contributed by atoms with van der Waals surface area (Å²) in [5.74, 6) is 0.833. The summed E-state index contributed by atoms with van der Waals surface area (Å²) in [5, 5.41) is 6.02. The highest BCUT2D eigenvalue weighted by molar-refractivity contribution is 5.92. The third kappa shape index (κ3) is 5.75. The van der Waals surface area contributed by atoms with Crippen LogP contribution < -0.4 is 15.4 Å². The highest BCUT2D eigenvalue weighted by Crippen LogP contribution is 2.18. The normalized spacial score (nSPS) is 10.3. The summed E-state index contributed by atoms with van der Waals surface area (Å²) in [6.45, 7) is 5.76. The van der Waals surface area contributed by atoms with Crippen LogP contribution in [0.4, 0.5) is 5.69 Å². The van der Waals surface area contributed by atoms with Crippen molar-refractivity contribution in [2.75, 3.05) is 18.4 Å². The SMILES string of the molecule is CCCNCC(=O)Nc1ccc(COc2ccccc2)cc1C. The predicted octanol–water partition coefficient (Wildman–Crippen LogP) is 3.51. The monoisotopic (exact) mass is 312 g/mol. The van der Waals surface area contributed by atoms with Crippen LogP contribution in [0.15, 0.2) is 48.5 Å². The first-order chi connectivity index (χ1) is 11.2. The maximum Gasteiger partial charge on any atom is 0.238 e. The molecule has 2 rings (SSSR count). The van der Waals surface area contributed by atoms with Crippen LogP contribution >= 0.6 is 0 Å². The van der Waals surface area contributed by atoms with Gasteiger partial charge in [-0.25, -0.2) is 0 Å². The number of amides is 1. The lowest BCUT2D eigenvalue weighted by Gasteiger charge is -2.11. The Labute approximate surface area is 137 Å². The average molecular weight is 312 g/mol. The van der Waals surface area contributed by atoms with E-state index in [4.69, 9.17) is 4.74 Å². The summed E-state index contributed by atoms with van der Waals surface area (Å²) < 4.78 is 5.74. The lowest BCUT2D eigenvalue weighted by atomic mass is 10.1. The molecular weight excluding hydrogens is 288 g/mol. The van der Waals surface area contributed by atoms with Crippen molar-refractivity contribution in [2.45, 2.75) is 26.9 Å². The molecule has 0 saturated carbocycles. The molecule has 0 spiro atoms. The number of carbonyl (C=O) groups excluding carboxylic acids is 1. The molecule has 4 nitrogen and oxygen atoms in total. The Morgan fingerprint density at radius 1 is 1.13 bits per heavy atom. The standard InChI is InChI=1S/C19H24N2O2/c1-3-11-20-13-19(22)21-18-10-9-16(12-15(18)2)14-23-17-7-5-4-6-8-17/h4-10,12,20H,3,11,13-14H2,1-2H3,(H,21,22). The largest absolute Gasteiger partial charge is 0.489 e. The maximum atomic E-state index is 11.8. The third-order valence-electron chi connectivity index (χ3n) is 3.43. The molecule has 0 heterocycles. The predicted molar refractivity (Wildman–Crippen MR) is 93.7 cm³/mol. The molecule has 0 bridgehead atoms. The molecule has 0 radical (unpaired) electrons. The van der Waals surface area contributed by atoms with Gasteiger partial charge >= 0.3 is 0 Å². The van der Waals surface area contributed by atoms with E-state index in [0.717, 1.165) is 35.5 Å². The zero-order chi connectivity index (χ0) is 16.5. The Hall–Kier alpha value is -2.33. The zero-order valence-electron chi connectivity index (χ0n) is 13.8. The summed E-state index contributed by atoms with van der Waals surface area (Å²) in [4.78, 5) is 11.8. The number of aryl methyl sites for hydroxylation is 1. The fourth-order valence-electron chi connectivity index (χ4n) is 2.21. The number of ether oxygens (including phenoxy) is 1. The molecule has 0 unspecified atom stereocenters. The summed E-state index contributed by atoms with van der Waals surface area (Å²) in [6.07, 6.45) is 1.02. The van der Waals surface area contributed by atoms with E-state index < -0.39 is 0 Å². The number of anilines is 1. The second kappa shape index (κ2) is 8.96.